The van der Waals surface area contributed by atoms with Crippen LogP contribution in [0.2, 0.25) is 0 Å². The van der Waals surface area contributed by atoms with Crippen molar-refractivity contribution in [2.75, 3.05) is 6.61 Å². The molecule has 0 spiro atoms. The summed E-state index contributed by atoms with van der Waals surface area (Å²) < 4.78 is 9.72. The zero-order chi connectivity index (χ0) is 25.7. The van der Waals surface area contributed by atoms with Crippen LogP contribution in [0.3, 0.4) is 0 Å². The van der Waals surface area contributed by atoms with Gasteiger partial charge >= 0.3 is 0 Å². The van der Waals surface area contributed by atoms with Crippen molar-refractivity contribution in [3.05, 3.63) is 116 Å². The molecule has 0 saturated carbocycles. The number of phenols is 1. The van der Waals surface area contributed by atoms with E-state index in [1.807, 2.05) is 35.8 Å². The van der Waals surface area contributed by atoms with Gasteiger partial charge in [-0.3, -0.25) is 9.36 Å². The second kappa shape index (κ2) is 9.89. The first-order chi connectivity index (χ1) is 17.9. The first kappa shape index (κ1) is 24.6. The molecule has 5 nitrogen and oxygen atoms in total. The van der Waals surface area contributed by atoms with E-state index in [1.165, 1.54) is 22.5 Å². The topological polar surface area (TPSA) is 63.8 Å². The van der Waals surface area contributed by atoms with E-state index in [-0.39, 0.29) is 17.4 Å². The number of nitrogens with zero attached hydrogens (tertiary/aromatic N) is 2. The maximum absolute atomic E-state index is 13.9. The minimum atomic E-state index is -0.214. The molecular weight excluding hydrogens is 663 g/mol. The Labute approximate surface area is 239 Å². The molecule has 37 heavy (non-hydrogen) atoms. The largest absolute Gasteiger partial charge is 0.504 e. The molecule has 0 radical (unpaired) electrons. The third kappa shape index (κ3) is 4.38. The second-order valence-electron chi connectivity index (χ2n) is 8.95. The number of benzene rings is 3. The van der Waals surface area contributed by atoms with Gasteiger partial charge < -0.3 is 9.84 Å². The Hall–Kier alpha value is -2.69. The van der Waals surface area contributed by atoms with Crippen LogP contribution in [0.4, 0.5) is 0 Å². The first-order valence-corrected chi connectivity index (χ1v) is 14.7. The molecule has 0 amide bonds. The van der Waals surface area contributed by atoms with Crippen LogP contribution in [-0.4, -0.2) is 16.3 Å². The number of hydrogen-bond donors (Lipinski definition) is 1. The third-order valence-electron chi connectivity index (χ3n) is 6.71. The number of phenolic OH excluding ortho intramolecular Hbond substituents is 1. The number of aromatic nitrogens is 1. The van der Waals surface area contributed by atoms with Crippen LogP contribution in [0.25, 0.3) is 11.8 Å². The van der Waals surface area contributed by atoms with Crippen LogP contribution in [0, 0.1) is 3.57 Å². The predicted molar refractivity (Wildman–Crippen MR) is 159 cm³/mol. The van der Waals surface area contributed by atoms with E-state index in [1.54, 1.807) is 6.07 Å². The van der Waals surface area contributed by atoms with Crippen LogP contribution in [0.15, 0.2) is 80.5 Å². The van der Waals surface area contributed by atoms with Crippen molar-refractivity contribution in [1.29, 1.82) is 0 Å². The second-order valence-corrected chi connectivity index (χ2v) is 12.0. The summed E-state index contributed by atoms with van der Waals surface area (Å²) in [6.07, 6.45) is 3.64. The third-order valence-corrected chi connectivity index (χ3v) is 9.04. The van der Waals surface area contributed by atoms with Gasteiger partial charge in [0.15, 0.2) is 16.3 Å². The average molecular weight is 685 g/mol. The minimum absolute atomic E-state index is 0.0666. The number of hydrogen-bond acceptors (Lipinski definition) is 5. The van der Waals surface area contributed by atoms with Crippen molar-refractivity contribution >= 4 is 61.6 Å². The highest BCUT2D eigenvalue weighted by atomic mass is 127. The van der Waals surface area contributed by atoms with Crippen LogP contribution in [-0.2, 0) is 6.42 Å². The van der Waals surface area contributed by atoms with E-state index in [9.17, 15) is 9.90 Å². The predicted octanol–water partition coefficient (Wildman–Crippen LogP) is 5.79. The average Bonchev–Trinajstić information content (AvgIpc) is 3.20. The van der Waals surface area contributed by atoms with Crippen molar-refractivity contribution in [1.82, 2.24) is 4.57 Å². The lowest BCUT2D eigenvalue weighted by Gasteiger charge is -2.30. The van der Waals surface area contributed by atoms with Gasteiger partial charge in [0.25, 0.3) is 5.56 Å². The van der Waals surface area contributed by atoms with Crippen molar-refractivity contribution in [3.63, 3.8) is 0 Å². The van der Waals surface area contributed by atoms with Crippen LogP contribution < -0.4 is 19.6 Å². The summed E-state index contributed by atoms with van der Waals surface area (Å²) >= 11 is 7.02. The van der Waals surface area contributed by atoms with E-state index in [4.69, 9.17) is 9.73 Å². The van der Waals surface area contributed by atoms with Crippen molar-refractivity contribution in [2.45, 2.75) is 25.8 Å². The van der Waals surface area contributed by atoms with E-state index in [0.717, 1.165) is 39.7 Å². The van der Waals surface area contributed by atoms with Gasteiger partial charge in [-0.15, -0.1) is 0 Å². The molecule has 0 unspecified atom stereocenters. The summed E-state index contributed by atoms with van der Waals surface area (Å²) in [5.74, 6) is 0.524. The van der Waals surface area contributed by atoms with Gasteiger partial charge in [-0.2, -0.15) is 0 Å². The monoisotopic (exact) mass is 684 g/mol. The molecule has 2 aliphatic rings. The van der Waals surface area contributed by atoms with E-state index in [2.05, 4.69) is 74.9 Å². The Kier molecular flexibility index (Phi) is 6.58. The van der Waals surface area contributed by atoms with Gasteiger partial charge in [0, 0.05) is 10.0 Å². The molecule has 0 saturated heterocycles. The molecule has 1 aromatic heterocycles. The first-order valence-electron chi connectivity index (χ1n) is 12.0. The molecule has 186 valence electrons. The summed E-state index contributed by atoms with van der Waals surface area (Å²) in [4.78, 5) is 19.7. The number of ether oxygens (including phenoxy) is 1. The normalized spacial score (nSPS) is 16.6. The fourth-order valence-corrected chi connectivity index (χ4v) is 6.95. The molecule has 0 bridgehead atoms. The highest BCUT2D eigenvalue weighted by Crippen LogP contribution is 2.41. The van der Waals surface area contributed by atoms with Crippen molar-refractivity contribution in [3.8, 4) is 11.5 Å². The van der Waals surface area contributed by atoms with Crippen molar-refractivity contribution in [2.24, 2.45) is 4.99 Å². The summed E-state index contributed by atoms with van der Waals surface area (Å²) in [7, 11) is 0. The molecule has 1 N–H and O–H groups in total. The lowest BCUT2D eigenvalue weighted by molar-refractivity contribution is 0.317. The summed E-state index contributed by atoms with van der Waals surface area (Å²) in [5, 5.41) is 10.4. The van der Waals surface area contributed by atoms with Gasteiger partial charge in [0.2, 0.25) is 0 Å². The standard InChI is InChI=1S/C29H22BrIN2O3S/c1-2-36-23-14-16(13-22(31)27(23)34)15-24-28(35)33-26(18-7-10-19(30)11-8-18)21-12-9-17-5-3-4-6-20(17)25(21)32-29(33)37-24/h3-8,10-11,13-15,26,34H,2,9,12H2,1H3/b24-15-/t26-/m1/s1. The highest BCUT2D eigenvalue weighted by Gasteiger charge is 2.32. The molecule has 8 heteroatoms. The number of allylic oxidation sites excluding steroid dienone is 1. The van der Waals surface area contributed by atoms with Gasteiger partial charge in [0.05, 0.1) is 26.4 Å². The van der Waals surface area contributed by atoms with Gasteiger partial charge in [-0.25, -0.2) is 4.99 Å². The number of thiazole rings is 1. The molecule has 6 rings (SSSR count). The van der Waals surface area contributed by atoms with Gasteiger partial charge in [0.1, 0.15) is 0 Å². The lowest BCUT2D eigenvalue weighted by atomic mass is 9.83. The molecule has 1 aliphatic carbocycles. The zero-order valence-corrected chi connectivity index (χ0v) is 24.4. The number of rotatable bonds is 4. The molecule has 1 aliphatic heterocycles. The molecule has 0 fully saturated rings. The highest BCUT2D eigenvalue weighted by molar-refractivity contribution is 14.1. The van der Waals surface area contributed by atoms with Crippen molar-refractivity contribution < 1.29 is 9.84 Å². The Morgan fingerprint density at radius 3 is 2.76 bits per heavy atom. The maximum Gasteiger partial charge on any atom is 0.271 e. The van der Waals surface area contributed by atoms with Gasteiger partial charge in [-0.05, 0) is 95.0 Å². The van der Waals surface area contributed by atoms with E-state index in [0.29, 0.717) is 25.3 Å². The number of aromatic hydroxyl groups is 1. The fraction of sp³-hybridized carbons (Fsp3) is 0.172. The van der Waals surface area contributed by atoms with Crippen LogP contribution >= 0.6 is 49.9 Å². The summed E-state index contributed by atoms with van der Waals surface area (Å²) in [6.45, 7) is 2.31. The SMILES string of the molecule is CCOc1cc(/C=c2\sc3n(c2=O)[C@H](c2ccc(Br)cc2)C2=C(N=3)c3ccccc3CC2)cc(I)c1O. The molecular formula is C29H22BrIN2O3S. The molecule has 4 aromatic rings. The number of fused-ring (bicyclic) bond motifs is 3. The van der Waals surface area contributed by atoms with E-state index >= 15 is 0 Å². The molecule has 3 aromatic carbocycles. The maximum atomic E-state index is 13.9. The minimum Gasteiger partial charge on any atom is -0.504 e. The number of aryl methyl sites for hydroxylation is 1. The summed E-state index contributed by atoms with van der Waals surface area (Å²) in [5.41, 5.74) is 6.40. The Morgan fingerprint density at radius 1 is 1.19 bits per heavy atom. The molecule has 1 atom stereocenters. The molecule has 2 heterocycles. The lowest BCUT2D eigenvalue weighted by Crippen LogP contribution is -2.38. The Morgan fingerprint density at radius 2 is 1.97 bits per heavy atom. The smallest absolute Gasteiger partial charge is 0.271 e. The fourth-order valence-electron chi connectivity index (χ4n) is 5.06. The Balaban J connectivity index is 1.59. The van der Waals surface area contributed by atoms with Crippen LogP contribution in [0.1, 0.15) is 41.6 Å². The van der Waals surface area contributed by atoms with Crippen LogP contribution in [0.5, 0.6) is 11.5 Å². The summed E-state index contributed by atoms with van der Waals surface area (Å²) in [6, 6.07) is 20.0. The van der Waals surface area contributed by atoms with E-state index < -0.39 is 0 Å². The zero-order valence-electron chi connectivity index (χ0n) is 19.9. The quantitative estimate of drug-likeness (QED) is 0.277. The Bertz CT molecular complexity index is 1760. The number of halogens is 2. The van der Waals surface area contributed by atoms with Gasteiger partial charge in [-0.1, -0.05) is 63.7 Å².